The molecule has 1 aromatic carbocycles. The number of hydrogen-bond acceptors (Lipinski definition) is 3. The average molecular weight is 248 g/mol. The molecule has 0 saturated carbocycles. The van der Waals surface area contributed by atoms with Crippen LogP contribution in [0.2, 0.25) is 0 Å². The quantitative estimate of drug-likeness (QED) is 0.726. The first-order valence-corrected chi connectivity index (χ1v) is 6.66. The van der Waals surface area contributed by atoms with Crippen LogP contribution in [0.5, 0.6) is 0 Å². The van der Waals surface area contributed by atoms with Crippen molar-refractivity contribution in [3.05, 3.63) is 35.9 Å². The highest BCUT2D eigenvalue weighted by atomic mass is 16.5. The van der Waals surface area contributed by atoms with Crippen LogP contribution in [0.3, 0.4) is 0 Å². The Balaban J connectivity index is 1.57. The van der Waals surface area contributed by atoms with Crippen LogP contribution in [-0.2, 0) is 20.7 Å². The van der Waals surface area contributed by atoms with Crippen LogP contribution in [-0.4, -0.2) is 25.3 Å². The molecule has 0 aromatic heterocycles. The van der Waals surface area contributed by atoms with Gasteiger partial charge in [-0.3, -0.25) is 4.79 Å². The number of carbonyl (C=O) groups excluding carboxylic acids is 1. The van der Waals surface area contributed by atoms with Crippen LogP contribution >= 0.6 is 0 Å². The van der Waals surface area contributed by atoms with E-state index in [0.717, 1.165) is 32.3 Å². The second-order valence-corrected chi connectivity index (χ2v) is 4.63. The van der Waals surface area contributed by atoms with Crippen molar-refractivity contribution in [2.24, 2.45) is 0 Å². The molecule has 1 fully saturated rings. The summed E-state index contributed by atoms with van der Waals surface area (Å²) in [5, 5.41) is 0. The monoisotopic (exact) mass is 248 g/mol. The maximum Gasteiger partial charge on any atom is 0.305 e. The van der Waals surface area contributed by atoms with Gasteiger partial charge in [0.1, 0.15) is 0 Å². The van der Waals surface area contributed by atoms with E-state index in [-0.39, 0.29) is 12.1 Å². The van der Waals surface area contributed by atoms with E-state index < -0.39 is 0 Å². The highest BCUT2D eigenvalue weighted by Crippen LogP contribution is 2.16. The summed E-state index contributed by atoms with van der Waals surface area (Å²) in [6, 6.07) is 10.1. The van der Waals surface area contributed by atoms with E-state index in [4.69, 9.17) is 9.47 Å². The number of ether oxygens (including phenoxy) is 2. The van der Waals surface area contributed by atoms with Crippen molar-refractivity contribution < 1.29 is 14.3 Å². The van der Waals surface area contributed by atoms with Crippen LogP contribution in [0.4, 0.5) is 0 Å². The molecule has 3 heteroatoms. The molecule has 1 aromatic rings. The van der Waals surface area contributed by atoms with Crippen LogP contribution in [0, 0.1) is 0 Å². The van der Waals surface area contributed by atoms with Crippen molar-refractivity contribution in [3.8, 4) is 0 Å². The fraction of sp³-hybridized carbons (Fsp3) is 0.533. The van der Waals surface area contributed by atoms with Crippen LogP contribution in [0.25, 0.3) is 0 Å². The number of rotatable bonds is 6. The molecule has 98 valence electrons. The second-order valence-electron chi connectivity index (χ2n) is 4.63. The molecule has 2 rings (SSSR count). The van der Waals surface area contributed by atoms with Gasteiger partial charge in [0.25, 0.3) is 0 Å². The summed E-state index contributed by atoms with van der Waals surface area (Å²) in [6.45, 7) is 1.31. The fourth-order valence-corrected chi connectivity index (χ4v) is 2.15. The summed E-state index contributed by atoms with van der Waals surface area (Å²) in [6.07, 6.45) is 4.52. The largest absolute Gasteiger partial charge is 0.465 e. The van der Waals surface area contributed by atoms with Gasteiger partial charge in [-0.15, -0.1) is 0 Å². The third kappa shape index (κ3) is 4.49. The van der Waals surface area contributed by atoms with Gasteiger partial charge in [0.2, 0.25) is 0 Å². The molecule has 1 saturated heterocycles. The maximum atomic E-state index is 11.5. The van der Waals surface area contributed by atoms with Crippen molar-refractivity contribution in [1.29, 1.82) is 0 Å². The molecule has 1 atom stereocenters. The van der Waals surface area contributed by atoms with Gasteiger partial charge in [-0.2, -0.15) is 0 Å². The molecule has 0 spiro atoms. The molecule has 1 aliphatic rings. The zero-order chi connectivity index (χ0) is 12.6. The van der Waals surface area contributed by atoms with Gasteiger partial charge in [0.15, 0.2) is 0 Å². The maximum absolute atomic E-state index is 11.5. The Morgan fingerprint density at radius 2 is 2.17 bits per heavy atom. The minimum absolute atomic E-state index is 0.110. The Morgan fingerprint density at radius 3 is 2.89 bits per heavy atom. The topological polar surface area (TPSA) is 35.5 Å². The van der Waals surface area contributed by atoms with Crippen molar-refractivity contribution in [2.45, 2.75) is 38.2 Å². The van der Waals surface area contributed by atoms with E-state index in [0.29, 0.717) is 13.0 Å². The molecule has 3 nitrogen and oxygen atoms in total. The summed E-state index contributed by atoms with van der Waals surface area (Å²) >= 11 is 0. The van der Waals surface area contributed by atoms with Crippen molar-refractivity contribution in [3.63, 3.8) is 0 Å². The van der Waals surface area contributed by atoms with E-state index in [1.165, 1.54) is 5.56 Å². The predicted octanol–water partition coefficient (Wildman–Crippen LogP) is 2.73. The Morgan fingerprint density at radius 1 is 1.33 bits per heavy atom. The van der Waals surface area contributed by atoms with Gasteiger partial charge in [-0.05, 0) is 24.8 Å². The zero-order valence-corrected chi connectivity index (χ0v) is 10.6. The number of hydrogen-bond donors (Lipinski definition) is 0. The van der Waals surface area contributed by atoms with Crippen molar-refractivity contribution in [1.82, 2.24) is 0 Å². The molecule has 0 aliphatic carbocycles. The van der Waals surface area contributed by atoms with Gasteiger partial charge < -0.3 is 9.47 Å². The smallest absolute Gasteiger partial charge is 0.305 e. The van der Waals surface area contributed by atoms with Gasteiger partial charge in [0, 0.05) is 19.4 Å². The highest BCUT2D eigenvalue weighted by molar-refractivity contribution is 5.69. The molecule has 0 N–H and O–H groups in total. The standard InChI is InChI=1S/C15H20O3/c16-15(9-8-14-7-4-11-17-14)18-12-10-13-5-2-1-3-6-13/h1-3,5-6,14H,4,7-12H2. The Bertz CT molecular complexity index is 355. The van der Waals surface area contributed by atoms with E-state index in [1.807, 2.05) is 30.3 Å². The van der Waals surface area contributed by atoms with Crippen molar-refractivity contribution in [2.75, 3.05) is 13.2 Å². The molecular formula is C15H20O3. The zero-order valence-electron chi connectivity index (χ0n) is 10.6. The lowest BCUT2D eigenvalue weighted by atomic mass is 10.1. The lowest BCUT2D eigenvalue weighted by Crippen LogP contribution is -2.12. The number of carbonyl (C=O) groups is 1. The van der Waals surface area contributed by atoms with E-state index >= 15 is 0 Å². The summed E-state index contributed by atoms with van der Waals surface area (Å²) < 4.78 is 10.7. The summed E-state index contributed by atoms with van der Waals surface area (Å²) in [5.74, 6) is -0.110. The summed E-state index contributed by atoms with van der Waals surface area (Å²) in [4.78, 5) is 11.5. The Labute approximate surface area is 108 Å². The first-order chi connectivity index (χ1) is 8.84. The van der Waals surface area contributed by atoms with E-state index in [1.54, 1.807) is 0 Å². The first kappa shape index (κ1) is 13.1. The summed E-state index contributed by atoms with van der Waals surface area (Å²) in [5.41, 5.74) is 1.20. The molecule has 0 bridgehead atoms. The molecule has 18 heavy (non-hydrogen) atoms. The lowest BCUT2D eigenvalue weighted by molar-refractivity contribution is -0.144. The Kier molecular flexibility index (Phi) is 5.21. The van der Waals surface area contributed by atoms with Gasteiger partial charge in [-0.25, -0.2) is 0 Å². The SMILES string of the molecule is O=C(CCC1CCCO1)OCCc1ccccc1. The lowest BCUT2D eigenvalue weighted by Gasteiger charge is -2.09. The van der Waals surface area contributed by atoms with Crippen LogP contribution < -0.4 is 0 Å². The van der Waals surface area contributed by atoms with Gasteiger partial charge >= 0.3 is 5.97 Å². The normalized spacial score (nSPS) is 18.8. The van der Waals surface area contributed by atoms with E-state index in [2.05, 4.69) is 0 Å². The highest BCUT2D eigenvalue weighted by Gasteiger charge is 2.16. The molecule has 1 heterocycles. The molecule has 0 amide bonds. The number of esters is 1. The average Bonchev–Trinajstić information content (AvgIpc) is 2.91. The molecule has 0 radical (unpaired) electrons. The molecule has 1 aliphatic heterocycles. The van der Waals surface area contributed by atoms with Gasteiger partial charge in [0.05, 0.1) is 12.7 Å². The predicted molar refractivity (Wildman–Crippen MR) is 69.3 cm³/mol. The fourth-order valence-electron chi connectivity index (χ4n) is 2.15. The first-order valence-electron chi connectivity index (χ1n) is 6.66. The van der Waals surface area contributed by atoms with E-state index in [9.17, 15) is 4.79 Å². The second kappa shape index (κ2) is 7.17. The molecular weight excluding hydrogens is 228 g/mol. The minimum Gasteiger partial charge on any atom is -0.465 e. The third-order valence-electron chi connectivity index (χ3n) is 3.19. The molecule has 1 unspecified atom stereocenters. The summed E-state index contributed by atoms with van der Waals surface area (Å²) in [7, 11) is 0. The third-order valence-corrected chi connectivity index (χ3v) is 3.19. The van der Waals surface area contributed by atoms with Gasteiger partial charge in [-0.1, -0.05) is 30.3 Å². The minimum atomic E-state index is -0.110. The van der Waals surface area contributed by atoms with Crippen LogP contribution in [0.15, 0.2) is 30.3 Å². The number of benzene rings is 1. The Hall–Kier alpha value is -1.35. The van der Waals surface area contributed by atoms with Crippen molar-refractivity contribution >= 4 is 5.97 Å². The van der Waals surface area contributed by atoms with Crippen LogP contribution in [0.1, 0.15) is 31.2 Å².